The molecule has 0 heterocycles. The molecule has 3 amide bonds. The quantitative estimate of drug-likeness (QED) is 0.491. The van der Waals surface area contributed by atoms with E-state index >= 15 is 0 Å². The van der Waals surface area contributed by atoms with Crippen molar-refractivity contribution in [2.45, 2.75) is 37.8 Å². The summed E-state index contributed by atoms with van der Waals surface area (Å²) >= 11 is 0. The number of amides is 3. The molecule has 7 heteroatoms. The number of carboxylic acid groups (broad SMARTS) is 1. The summed E-state index contributed by atoms with van der Waals surface area (Å²) < 4.78 is 0. The van der Waals surface area contributed by atoms with Gasteiger partial charge in [0.1, 0.15) is 6.04 Å². The second-order valence-electron chi connectivity index (χ2n) is 3.81. The minimum atomic E-state index is -1.28. The van der Waals surface area contributed by atoms with Gasteiger partial charge in [0.15, 0.2) is 0 Å². The van der Waals surface area contributed by atoms with Crippen LogP contribution in [0.2, 0.25) is 0 Å². The molecule has 16 heavy (non-hydrogen) atoms. The van der Waals surface area contributed by atoms with Crippen molar-refractivity contribution in [2.24, 2.45) is 5.73 Å². The molecule has 1 saturated carbocycles. The van der Waals surface area contributed by atoms with Crippen LogP contribution in [0.3, 0.4) is 0 Å². The Labute approximate surface area is 92.4 Å². The van der Waals surface area contributed by atoms with Gasteiger partial charge in [-0.25, -0.2) is 9.59 Å². The Kier molecular flexibility index (Phi) is 4.10. The minimum absolute atomic E-state index is 0.114. The van der Waals surface area contributed by atoms with Gasteiger partial charge >= 0.3 is 12.0 Å². The number of rotatable bonds is 5. The molecule has 1 aliphatic carbocycles. The Balaban J connectivity index is 2.37. The number of nitrogens with one attached hydrogen (secondary N) is 2. The molecule has 0 aromatic heterocycles. The summed E-state index contributed by atoms with van der Waals surface area (Å²) in [4.78, 5) is 32.6. The second-order valence-corrected chi connectivity index (χ2v) is 3.81. The summed E-state index contributed by atoms with van der Waals surface area (Å²) in [7, 11) is 0. The van der Waals surface area contributed by atoms with E-state index in [2.05, 4.69) is 10.6 Å². The van der Waals surface area contributed by atoms with Gasteiger partial charge in [-0.1, -0.05) is 0 Å². The summed E-state index contributed by atoms with van der Waals surface area (Å²) in [6.07, 6.45) is 2.46. The van der Waals surface area contributed by atoms with Crippen LogP contribution in [0.1, 0.15) is 25.7 Å². The first-order chi connectivity index (χ1) is 7.49. The fraction of sp³-hybridized carbons (Fsp3) is 0.667. The van der Waals surface area contributed by atoms with E-state index in [1.165, 1.54) is 0 Å². The largest absolute Gasteiger partial charge is 0.480 e. The summed E-state index contributed by atoms with van der Waals surface area (Å²) in [6, 6.07) is -1.72. The average Bonchev–Trinajstić information content (AvgIpc) is 2.09. The van der Waals surface area contributed by atoms with Crippen molar-refractivity contribution in [1.29, 1.82) is 0 Å². The zero-order valence-electron chi connectivity index (χ0n) is 8.73. The number of hydrogen-bond acceptors (Lipinski definition) is 3. The SMILES string of the molecule is NC(=O)C[C@@H](NC(=O)NC1CCC1)C(=O)O. The first-order valence-corrected chi connectivity index (χ1v) is 5.07. The van der Waals surface area contributed by atoms with Crippen LogP contribution in [0.15, 0.2) is 0 Å². The maximum absolute atomic E-state index is 11.3. The molecule has 0 aliphatic heterocycles. The molecule has 90 valence electrons. The van der Waals surface area contributed by atoms with Crippen molar-refractivity contribution in [1.82, 2.24) is 10.6 Å². The third-order valence-corrected chi connectivity index (χ3v) is 2.45. The number of aliphatic carboxylic acids is 1. The lowest BCUT2D eigenvalue weighted by atomic mass is 9.93. The maximum Gasteiger partial charge on any atom is 0.326 e. The third kappa shape index (κ3) is 3.76. The van der Waals surface area contributed by atoms with Crippen LogP contribution in [0.25, 0.3) is 0 Å². The molecule has 7 nitrogen and oxygen atoms in total. The number of carboxylic acids is 1. The molecule has 0 saturated heterocycles. The van der Waals surface area contributed by atoms with Crippen LogP contribution in [0, 0.1) is 0 Å². The lowest BCUT2D eigenvalue weighted by molar-refractivity contribution is -0.140. The third-order valence-electron chi connectivity index (χ3n) is 2.45. The van der Waals surface area contributed by atoms with Crippen molar-refractivity contribution in [3.05, 3.63) is 0 Å². The van der Waals surface area contributed by atoms with Crippen LogP contribution in [-0.2, 0) is 9.59 Å². The van der Waals surface area contributed by atoms with Crippen molar-refractivity contribution < 1.29 is 19.5 Å². The van der Waals surface area contributed by atoms with Gasteiger partial charge in [0.2, 0.25) is 5.91 Å². The first kappa shape index (κ1) is 12.3. The van der Waals surface area contributed by atoms with E-state index < -0.39 is 30.4 Å². The Hall–Kier alpha value is -1.79. The van der Waals surface area contributed by atoms with Crippen molar-refractivity contribution in [3.8, 4) is 0 Å². The van der Waals surface area contributed by atoms with E-state index in [9.17, 15) is 14.4 Å². The molecule has 0 radical (unpaired) electrons. The van der Waals surface area contributed by atoms with Crippen molar-refractivity contribution >= 4 is 17.9 Å². The highest BCUT2D eigenvalue weighted by molar-refractivity contribution is 5.87. The molecule has 0 unspecified atom stereocenters. The number of urea groups is 1. The fourth-order valence-corrected chi connectivity index (χ4v) is 1.34. The minimum Gasteiger partial charge on any atom is -0.480 e. The van der Waals surface area contributed by atoms with Gasteiger partial charge in [-0.3, -0.25) is 4.79 Å². The van der Waals surface area contributed by atoms with Gasteiger partial charge in [0, 0.05) is 6.04 Å². The fourth-order valence-electron chi connectivity index (χ4n) is 1.34. The van der Waals surface area contributed by atoms with Gasteiger partial charge in [-0.15, -0.1) is 0 Å². The molecule has 0 aromatic rings. The van der Waals surface area contributed by atoms with Crippen molar-refractivity contribution in [3.63, 3.8) is 0 Å². The van der Waals surface area contributed by atoms with Crippen LogP contribution < -0.4 is 16.4 Å². The first-order valence-electron chi connectivity index (χ1n) is 5.07. The zero-order valence-corrected chi connectivity index (χ0v) is 8.73. The predicted octanol–water partition coefficient (Wildman–Crippen LogP) is -0.833. The number of carbonyl (C=O) groups is 3. The van der Waals surface area contributed by atoms with E-state index in [1.807, 2.05) is 0 Å². The van der Waals surface area contributed by atoms with Gasteiger partial charge in [0.25, 0.3) is 0 Å². The molecule has 5 N–H and O–H groups in total. The Morgan fingerprint density at radius 2 is 2.00 bits per heavy atom. The highest BCUT2D eigenvalue weighted by Gasteiger charge is 2.24. The molecule has 0 spiro atoms. The molecule has 1 fully saturated rings. The monoisotopic (exact) mass is 229 g/mol. The number of hydrogen-bond donors (Lipinski definition) is 4. The summed E-state index contributed by atoms with van der Waals surface area (Å²) in [6.45, 7) is 0. The average molecular weight is 229 g/mol. The zero-order chi connectivity index (χ0) is 12.1. The number of carbonyl (C=O) groups excluding carboxylic acids is 2. The number of primary amides is 1. The second kappa shape index (κ2) is 5.34. The van der Waals surface area contributed by atoms with E-state index in [-0.39, 0.29) is 6.04 Å². The lowest BCUT2D eigenvalue weighted by Gasteiger charge is -2.27. The van der Waals surface area contributed by atoms with Gasteiger partial charge in [0.05, 0.1) is 6.42 Å². The topological polar surface area (TPSA) is 122 Å². The van der Waals surface area contributed by atoms with E-state index in [0.29, 0.717) is 0 Å². The molecular weight excluding hydrogens is 214 g/mol. The predicted molar refractivity (Wildman–Crippen MR) is 54.5 cm³/mol. The van der Waals surface area contributed by atoms with Gasteiger partial charge < -0.3 is 21.5 Å². The van der Waals surface area contributed by atoms with Gasteiger partial charge in [-0.2, -0.15) is 0 Å². The number of nitrogens with two attached hydrogens (primary N) is 1. The summed E-state index contributed by atoms with van der Waals surface area (Å²) in [5.41, 5.74) is 4.87. The normalized spacial score (nSPS) is 17.0. The molecule has 0 aromatic carbocycles. The highest BCUT2D eigenvalue weighted by atomic mass is 16.4. The molecule has 1 rings (SSSR count). The maximum atomic E-state index is 11.3. The highest BCUT2D eigenvalue weighted by Crippen LogP contribution is 2.17. The summed E-state index contributed by atoms with van der Waals surface area (Å²) in [5.74, 6) is -2.04. The summed E-state index contributed by atoms with van der Waals surface area (Å²) in [5, 5.41) is 13.5. The molecule has 0 bridgehead atoms. The Morgan fingerprint density at radius 1 is 1.38 bits per heavy atom. The van der Waals surface area contributed by atoms with Crippen LogP contribution in [-0.4, -0.2) is 35.1 Å². The van der Waals surface area contributed by atoms with E-state index in [4.69, 9.17) is 10.8 Å². The van der Waals surface area contributed by atoms with Crippen LogP contribution in [0.4, 0.5) is 4.79 Å². The Bertz CT molecular complexity index is 301. The van der Waals surface area contributed by atoms with Crippen LogP contribution >= 0.6 is 0 Å². The molecule has 1 atom stereocenters. The van der Waals surface area contributed by atoms with Crippen LogP contribution in [0.5, 0.6) is 0 Å². The molecule has 1 aliphatic rings. The van der Waals surface area contributed by atoms with E-state index in [0.717, 1.165) is 19.3 Å². The molecular formula is C9H15N3O4. The van der Waals surface area contributed by atoms with Crippen molar-refractivity contribution in [2.75, 3.05) is 0 Å². The lowest BCUT2D eigenvalue weighted by Crippen LogP contribution is -2.51. The van der Waals surface area contributed by atoms with E-state index in [1.54, 1.807) is 0 Å². The Morgan fingerprint density at radius 3 is 2.38 bits per heavy atom. The smallest absolute Gasteiger partial charge is 0.326 e. The van der Waals surface area contributed by atoms with Gasteiger partial charge in [-0.05, 0) is 19.3 Å². The standard InChI is InChI=1S/C9H15N3O4/c10-7(13)4-6(8(14)15)12-9(16)11-5-2-1-3-5/h5-6H,1-4H2,(H2,10,13)(H,14,15)(H2,11,12,16)/t6-/m1/s1.